The number of rotatable bonds is 52. The molecule has 9 nitrogen and oxygen atoms in total. The van der Waals surface area contributed by atoms with Gasteiger partial charge in [0.1, 0.15) is 13.2 Å². The Hall–Kier alpha value is -4.05. The second-order valence-electron chi connectivity index (χ2n) is 20.2. The fourth-order valence-electron chi connectivity index (χ4n) is 7.64. The molecule has 2 unspecified atom stereocenters. The number of carbonyl (C=O) groups excluding carboxylic acids is 3. The van der Waals surface area contributed by atoms with Crippen LogP contribution in [0.5, 0.6) is 0 Å². The van der Waals surface area contributed by atoms with Crippen molar-refractivity contribution in [2.75, 3.05) is 47.5 Å². The molecule has 0 spiro atoms. The predicted octanol–water partition coefficient (Wildman–Crippen LogP) is 15.8. The Bertz CT molecular complexity index is 1560. The smallest absolute Gasteiger partial charge is 0.306 e. The topological polar surface area (TPSA) is 111 Å². The number of quaternary nitrogens is 1. The van der Waals surface area contributed by atoms with Crippen LogP contribution < -0.4 is 5.11 Å². The Kier molecular flexibility index (Phi) is 51.2. The number of unbranched alkanes of at least 4 members (excludes halogenated alkanes) is 19. The zero-order chi connectivity index (χ0) is 53.4. The Morgan fingerprint density at radius 3 is 1.15 bits per heavy atom. The molecule has 416 valence electrons. The van der Waals surface area contributed by atoms with Crippen LogP contribution in [0.2, 0.25) is 0 Å². The second-order valence-corrected chi connectivity index (χ2v) is 20.2. The molecular weight excluding hydrogens is 911 g/mol. The number of likely N-dealkylation sites (N-methyl/N-ethyl adjacent to an activating group) is 1. The Morgan fingerprint density at radius 2 is 0.767 bits per heavy atom. The molecular formula is C64H107NO8. The van der Waals surface area contributed by atoms with Crippen LogP contribution in [0.4, 0.5) is 0 Å². The average Bonchev–Trinajstić information content (AvgIpc) is 3.36. The molecule has 0 bridgehead atoms. The van der Waals surface area contributed by atoms with Crippen LogP contribution >= 0.6 is 0 Å². The third kappa shape index (κ3) is 55.5. The molecule has 0 N–H and O–H groups in total. The van der Waals surface area contributed by atoms with Gasteiger partial charge in [0, 0.05) is 12.8 Å². The molecule has 2 atom stereocenters. The number of carboxylic acids is 1. The highest BCUT2D eigenvalue weighted by Gasteiger charge is 2.21. The molecule has 0 amide bonds. The van der Waals surface area contributed by atoms with Crippen molar-refractivity contribution in [2.45, 2.75) is 232 Å². The van der Waals surface area contributed by atoms with Gasteiger partial charge in [-0.05, 0) is 83.5 Å². The minimum atomic E-state index is -1.64. The van der Waals surface area contributed by atoms with Crippen LogP contribution in [0.15, 0.2) is 109 Å². The van der Waals surface area contributed by atoms with E-state index < -0.39 is 30.3 Å². The summed E-state index contributed by atoms with van der Waals surface area (Å²) in [5.41, 5.74) is 0. The summed E-state index contributed by atoms with van der Waals surface area (Å²) in [7, 11) is 5.89. The van der Waals surface area contributed by atoms with Crippen molar-refractivity contribution in [3.05, 3.63) is 109 Å². The molecule has 0 aromatic carbocycles. The summed E-state index contributed by atoms with van der Waals surface area (Å²) in [5.74, 6) is -2.39. The minimum Gasteiger partial charge on any atom is -0.545 e. The maximum absolute atomic E-state index is 12.8. The molecule has 0 aliphatic heterocycles. The van der Waals surface area contributed by atoms with E-state index in [9.17, 15) is 19.5 Å². The molecule has 0 aromatic heterocycles. The normalized spacial score (nSPS) is 13.6. The van der Waals surface area contributed by atoms with E-state index in [1.54, 1.807) is 0 Å². The lowest BCUT2D eigenvalue weighted by atomic mass is 10.0. The molecule has 0 fully saturated rings. The highest BCUT2D eigenvalue weighted by atomic mass is 16.7. The standard InChI is InChI=1S/C64H107NO8/c1-6-8-10-12-14-16-18-20-21-22-23-24-25-26-27-28-29-30-31-32-33-34-35-36-37-38-39-40-41-43-45-47-49-51-53-55-62(67)73-60(59-72-64(63(68)69)70-57-56-65(3,4)5)58-71-61(66)54-52-50-48-46-44-42-19-17-15-13-11-9-7-2/h8-11,14-17,20-21,23-24,26-27,42,44,48,50,60,64H,6-7,12-13,18-19,22,25,28-41,43,45-47,49,51-59H2,1-5H3/b10-8-,11-9-,16-14-,17-15-,21-20-,24-23-,27-26-,44-42-,50-48-. The first kappa shape index (κ1) is 69.0. The van der Waals surface area contributed by atoms with Gasteiger partial charge >= 0.3 is 11.9 Å². The molecule has 0 saturated heterocycles. The van der Waals surface area contributed by atoms with E-state index >= 15 is 0 Å². The van der Waals surface area contributed by atoms with Gasteiger partial charge in [0.15, 0.2) is 12.4 Å². The summed E-state index contributed by atoms with van der Waals surface area (Å²) in [6, 6.07) is 0. The van der Waals surface area contributed by atoms with Crippen molar-refractivity contribution in [3.63, 3.8) is 0 Å². The number of carboxylic acid groups (broad SMARTS) is 1. The summed E-state index contributed by atoms with van der Waals surface area (Å²) in [6.07, 6.45) is 71.8. The fraction of sp³-hybridized carbons (Fsp3) is 0.672. The summed E-state index contributed by atoms with van der Waals surface area (Å²) < 4.78 is 22.5. The molecule has 0 heterocycles. The van der Waals surface area contributed by atoms with E-state index in [0.29, 0.717) is 23.9 Å². The molecule has 0 aliphatic carbocycles. The van der Waals surface area contributed by atoms with Crippen molar-refractivity contribution in [2.24, 2.45) is 0 Å². The summed E-state index contributed by atoms with van der Waals surface area (Å²) in [6.45, 7) is 4.42. The lowest BCUT2D eigenvalue weighted by molar-refractivity contribution is -0.870. The molecule has 73 heavy (non-hydrogen) atoms. The number of hydrogen-bond donors (Lipinski definition) is 0. The summed E-state index contributed by atoms with van der Waals surface area (Å²) in [5, 5.41) is 11.7. The average molecular weight is 1020 g/mol. The summed E-state index contributed by atoms with van der Waals surface area (Å²) in [4.78, 5) is 37.1. The van der Waals surface area contributed by atoms with Crippen LogP contribution in [0, 0.1) is 0 Å². The monoisotopic (exact) mass is 1020 g/mol. The fourth-order valence-corrected chi connectivity index (χ4v) is 7.64. The molecule has 0 aliphatic rings. The molecule has 0 radical (unpaired) electrons. The number of allylic oxidation sites excluding steroid dienone is 18. The Labute approximate surface area is 447 Å². The maximum atomic E-state index is 12.8. The quantitative estimate of drug-likeness (QED) is 0.0195. The molecule has 9 heteroatoms. The number of esters is 2. The van der Waals surface area contributed by atoms with Gasteiger partial charge in [0.25, 0.3) is 0 Å². The Balaban J connectivity index is 4.10. The second kappa shape index (κ2) is 54.2. The van der Waals surface area contributed by atoms with Gasteiger partial charge in [-0.1, -0.05) is 232 Å². The zero-order valence-corrected chi connectivity index (χ0v) is 47.2. The van der Waals surface area contributed by atoms with E-state index in [-0.39, 0.29) is 32.7 Å². The van der Waals surface area contributed by atoms with Crippen LogP contribution in [-0.4, -0.2) is 82.3 Å². The lowest BCUT2D eigenvalue weighted by Gasteiger charge is -2.26. The number of nitrogens with zero attached hydrogens (tertiary/aromatic N) is 1. The highest BCUT2D eigenvalue weighted by Crippen LogP contribution is 2.16. The predicted molar refractivity (Wildman–Crippen MR) is 306 cm³/mol. The van der Waals surface area contributed by atoms with E-state index in [2.05, 4.69) is 111 Å². The van der Waals surface area contributed by atoms with Crippen molar-refractivity contribution >= 4 is 17.9 Å². The first-order chi connectivity index (χ1) is 35.6. The first-order valence-corrected chi connectivity index (χ1v) is 29.0. The van der Waals surface area contributed by atoms with Crippen LogP contribution in [0.25, 0.3) is 0 Å². The van der Waals surface area contributed by atoms with Gasteiger partial charge in [0.05, 0.1) is 40.3 Å². The van der Waals surface area contributed by atoms with E-state index in [1.165, 1.54) is 103 Å². The number of carbonyl (C=O) groups is 3. The van der Waals surface area contributed by atoms with Crippen LogP contribution in [0.1, 0.15) is 219 Å². The number of ether oxygens (including phenoxy) is 4. The number of hydrogen-bond acceptors (Lipinski definition) is 8. The van der Waals surface area contributed by atoms with Crippen LogP contribution in [-0.2, 0) is 33.3 Å². The van der Waals surface area contributed by atoms with Crippen molar-refractivity contribution in [3.8, 4) is 0 Å². The van der Waals surface area contributed by atoms with E-state index in [4.69, 9.17) is 18.9 Å². The highest BCUT2D eigenvalue weighted by molar-refractivity contribution is 5.70. The lowest BCUT2D eigenvalue weighted by Crippen LogP contribution is -2.44. The van der Waals surface area contributed by atoms with Crippen molar-refractivity contribution in [1.29, 1.82) is 0 Å². The maximum Gasteiger partial charge on any atom is 0.306 e. The van der Waals surface area contributed by atoms with Gasteiger partial charge in [-0.3, -0.25) is 9.59 Å². The van der Waals surface area contributed by atoms with E-state index in [0.717, 1.165) is 77.0 Å². The molecule has 0 rings (SSSR count). The summed E-state index contributed by atoms with van der Waals surface area (Å²) >= 11 is 0. The SMILES string of the molecule is CC/C=C\C/C=C\C/C=C\C/C=C\C/C=C\CCCCCCCCCCCCCCCCCCCCCC(=O)OC(COC(=O)CC/C=C\C/C=C\C/C=C\C/C=C\CC)COC(OCC[N+](C)(C)C)C(=O)[O-]. The molecule has 0 aromatic rings. The zero-order valence-electron chi connectivity index (χ0n) is 47.2. The van der Waals surface area contributed by atoms with Crippen molar-refractivity contribution in [1.82, 2.24) is 0 Å². The van der Waals surface area contributed by atoms with Gasteiger partial charge in [0.2, 0.25) is 0 Å². The van der Waals surface area contributed by atoms with Crippen molar-refractivity contribution < 1.29 is 42.9 Å². The Morgan fingerprint density at radius 1 is 0.411 bits per heavy atom. The first-order valence-electron chi connectivity index (χ1n) is 29.0. The van der Waals surface area contributed by atoms with E-state index in [1.807, 2.05) is 33.3 Å². The number of aliphatic carboxylic acids is 1. The minimum absolute atomic E-state index is 0.134. The third-order valence-corrected chi connectivity index (χ3v) is 12.0. The van der Waals surface area contributed by atoms with Crippen LogP contribution in [0.3, 0.4) is 0 Å². The third-order valence-electron chi connectivity index (χ3n) is 12.0. The van der Waals surface area contributed by atoms with Gasteiger partial charge in [-0.2, -0.15) is 0 Å². The van der Waals surface area contributed by atoms with Gasteiger partial charge in [-0.25, -0.2) is 0 Å². The van der Waals surface area contributed by atoms with Gasteiger partial charge in [-0.15, -0.1) is 0 Å². The van der Waals surface area contributed by atoms with Gasteiger partial charge < -0.3 is 33.3 Å². The largest absolute Gasteiger partial charge is 0.545 e. The molecule has 0 saturated carbocycles.